The van der Waals surface area contributed by atoms with E-state index in [4.69, 9.17) is 4.74 Å². The van der Waals surface area contributed by atoms with Gasteiger partial charge in [0.1, 0.15) is 11.6 Å². The van der Waals surface area contributed by atoms with E-state index in [-0.39, 0.29) is 19.0 Å². The van der Waals surface area contributed by atoms with Crippen molar-refractivity contribution in [2.75, 3.05) is 6.61 Å². The Morgan fingerprint density at radius 2 is 2.21 bits per heavy atom. The highest BCUT2D eigenvalue weighted by molar-refractivity contribution is 5.16. The molecular formula is C14H17FN2O2. The van der Waals surface area contributed by atoms with Crippen molar-refractivity contribution in [2.24, 2.45) is 0 Å². The lowest BCUT2D eigenvalue weighted by atomic mass is 10.2. The zero-order valence-electron chi connectivity index (χ0n) is 10.8. The molecule has 1 aromatic heterocycles. The second-order valence-corrected chi connectivity index (χ2v) is 4.39. The highest BCUT2D eigenvalue weighted by Gasteiger charge is 2.08. The summed E-state index contributed by atoms with van der Waals surface area (Å²) < 4.78 is 20.5. The molecule has 0 bridgehead atoms. The monoisotopic (exact) mass is 264 g/mol. The predicted octanol–water partition coefficient (Wildman–Crippen LogP) is 1.91. The Bertz CT molecular complexity index is 528. The number of aliphatic hydroxyl groups is 1. The van der Waals surface area contributed by atoms with Gasteiger partial charge in [-0.15, -0.1) is 0 Å². The predicted molar refractivity (Wildman–Crippen MR) is 69.0 cm³/mol. The summed E-state index contributed by atoms with van der Waals surface area (Å²) in [5, 5.41) is 9.83. The first-order valence-corrected chi connectivity index (χ1v) is 6.14. The van der Waals surface area contributed by atoms with Crippen LogP contribution in [0.2, 0.25) is 0 Å². The molecule has 0 spiro atoms. The van der Waals surface area contributed by atoms with Crippen molar-refractivity contribution in [1.29, 1.82) is 0 Å². The second kappa shape index (κ2) is 6.45. The Morgan fingerprint density at radius 3 is 2.89 bits per heavy atom. The van der Waals surface area contributed by atoms with Crippen LogP contribution >= 0.6 is 0 Å². The molecule has 1 atom stereocenters. The largest absolute Gasteiger partial charge is 0.389 e. The third kappa shape index (κ3) is 3.87. The maximum absolute atomic E-state index is 13.3. The van der Waals surface area contributed by atoms with E-state index >= 15 is 0 Å². The van der Waals surface area contributed by atoms with E-state index in [0.717, 1.165) is 5.82 Å². The van der Waals surface area contributed by atoms with Crippen molar-refractivity contribution in [3.05, 3.63) is 53.9 Å². The molecule has 0 aliphatic heterocycles. The highest BCUT2D eigenvalue weighted by Crippen LogP contribution is 2.08. The molecule has 19 heavy (non-hydrogen) atoms. The molecule has 2 aromatic rings. The van der Waals surface area contributed by atoms with Crippen LogP contribution in [-0.2, 0) is 17.9 Å². The quantitative estimate of drug-likeness (QED) is 0.867. The van der Waals surface area contributed by atoms with Gasteiger partial charge in [0, 0.05) is 18.0 Å². The number of aryl methyl sites for hydroxylation is 1. The summed E-state index contributed by atoms with van der Waals surface area (Å²) in [7, 11) is 0. The number of hydrogen-bond acceptors (Lipinski definition) is 3. The van der Waals surface area contributed by atoms with E-state index in [1.807, 2.05) is 11.5 Å². The van der Waals surface area contributed by atoms with Gasteiger partial charge in [0.25, 0.3) is 0 Å². The van der Waals surface area contributed by atoms with Crippen LogP contribution in [0, 0.1) is 12.7 Å². The molecule has 0 aliphatic rings. The zero-order valence-corrected chi connectivity index (χ0v) is 10.8. The summed E-state index contributed by atoms with van der Waals surface area (Å²) in [5.74, 6) is 0.551. The number of nitrogens with zero attached hydrogens (tertiary/aromatic N) is 2. The van der Waals surface area contributed by atoms with Crippen LogP contribution in [0.15, 0.2) is 36.7 Å². The number of aliphatic hydroxyl groups excluding tert-OH is 1. The van der Waals surface area contributed by atoms with Crippen LogP contribution in [0.5, 0.6) is 0 Å². The first-order valence-electron chi connectivity index (χ1n) is 6.14. The van der Waals surface area contributed by atoms with Crippen molar-refractivity contribution in [1.82, 2.24) is 9.55 Å². The summed E-state index contributed by atoms with van der Waals surface area (Å²) in [6, 6.07) is 6.45. The summed E-state index contributed by atoms with van der Waals surface area (Å²) in [6.07, 6.45) is 2.84. The normalized spacial score (nSPS) is 12.6. The van der Waals surface area contributed by atoms with Gasteiger partial charge in [-0.05, 0) is 13.0 Å². The maximum atomic E-state index is 13.3. The topological polar surface area (TPSA) is 47.3 Å². The lowest BCUT2D eigenvalue weighted by Gasteiger charge is -2.13. The molecule has 2 rings (SSSR count). The molecule has 0 aliphatic carbocycles. The minimum absolute atomic E-state index is 0.159. The molecule has 0 amide bonds. The third-order valence-corrected chi connectivity index (χ3v) is 2.86. The number of rotatable bonds is 6. The lowest BCUT2D eigenvalue weighted by Crippen LogP contribution is -2.22. The van der Waals surface area contributed by atoms with Crippen molar-refractivity contribution >= 4 is 0 Å². The first kappa shape index (κ1) is 13.7. The van der Waals surface area contributed by atoms with E-state index < -0.39 is 6.10 Å². The van der Waals surface area contributed by atoms with Gasteiger partial charge < -0.3 is 14.4 Å². The minimum Gasteiger partial charge on any atom is -0.389 e. The average Bonchev–Trinajstić information content (AvgIpc) is 2.77. The average molecular weight is 264 g/mol. The minimum atomic E-state index is -0.639. The second-order valence-electron chi connectivity index (χ2n) is 4.39. The molecule has 0 radical (unpaired) electrons. The number of benzene rings is 1. The van der Waals surface area contributed by atoms with Crippen LogP contribution < -0.4 is 0 Å². The SMILES string of the molecule is Cc1nccn1C[C@@H](O)COCc1ccccc1F. The number of hydrogen-bond donors (Lipinski definition) is 1. The standard InChI is InChI=1S/C14H17FN2O2/c1-11-16-6-7-17(11)8-13(18)10-19-9-12-4-2-3-5-14(12)15/h2-7,13,18H,8-10H2,1H3/t13-/m1/s1. The number of halogens is 1. The summed E-state index contributed by atoms with van der Waals surface area (Å²) in [6.45, 7) is 2.61. The molecule has 1 N–H and O–H groups in total. The molecule has 1 aromatic carbocycles. The Hall–Kier alpha value is -1.72. The zero-order chi connectivity index (χ0) is 13.7. The van der Waals surface area contributed by atoms with Gasteiger partial charge in [-0.1, -0.05) is 18.2 Å². The van der Waals surface area contributed by atoms with E-state index in [1.54, 1.807) is 30.6 Å². The van der Waals surface area contributed by atoms with Crippen LogP contribution in [0.3, 0.4) is 0 Å². The molecular weight excluding hydrogens is 247 g/mol. The van der Waals surface area contributed by atoms with Gasteiger partial charge in [0.2, 0.25) is 0 Å². The van der Waals surface area contributed by atoms with Gasteiger partial charge >= 0.3 is 0 Å². The Kier molecular flexibility index (Phi) is 4.65. The van der Waals surface area contributed by atoms with Gasteiger partial charge in [0.15, 0.2) is 0 Å². The van der Waals surface area contributed by atoms with Crippen molar-refractivity contribution in [2.45, 2.75) is 26.2 Å². The number of aromatic nitrogens is 2. The third-order valence-electron chi connectivity index (χ3n) is 2.86. The number of imidazole rings is 1. The Morgan fingerprint density at radius 1 is 1.42 bits per heavy atom. The van der Waals surface area contributed by atoms with Gasteiger partial charge in [0.05, 0.1) is 25.9 Å². The summed E-state index contributed by atoms with van der Waals surface area (Å²) in [5.41, 5.74) is 0.494. The Balaban J connectivity index is 1.77. The van der Waals surface area contributed by atoms with Crippen molar-refractivity contribution in [3.63, 3.8) is 0 Å². The van der Waals surface area contributed by atoms with E-state index in [0.29, 0.717) is 12.1 Å². The van der Waals surface area contributed by atoms with Gasteiger partial charge in [-0.2, -0.15) is 0 Å². The summed E-state index contributed by atoms with van der Waals surface area (Å²) in [4.78, 5) is 4.07. The maximum Gasteiger partial charge on any atom is 0.128 e. The highest BCUT2D eigenvalue weighted by atomic mass is 19.1. The molecule has 102 valence electrons. The van der Waals surface area contributed by atoms with Gasteiger partial charge in [-0.25, -0.2) is 9.37 Å². The van der Waals surface area contributed by atoms with E-state index in [2.05, 4.69) is 4.98 Å². The lowest BCUT2D eigenvalue weighted by molar-refractivity contribution is 0.0192. The smallest absolute Gasteiger partial charge is 0.128 e. The molecule has 1 heterocycles. The molecule has 0 unspecified atom stereocenters. The van der Waals surface area contributed by atoms with Crippen molar-refractivity contribution < 1.29 is 14.2 Å². The van der Waals surface area contributed by atoms with Crippen LogP contribution in [0.25, 0.3) is 0 Å². The van der Waals surface area contributed by atoms with Crippen LogP contribution in [0.1, 0.15) is 11.4 Å². The van der Waals surface area contributed by atoms with Crippen LogP contribution in [-0.4, -0.2) is 27.4 Å². The molecule has 5 heteroatoms. The van der Waals surface area contributed by atoms with E-state index in [1.165, 1.54) is 6.07 Å². The fourth-order valence-corrected chi connectivity index (χ4v) is 1.80. The van der Waals surface area contributed by atoms with Crippen LogP contribution in [0.4, 0.5) is 4.39 Å². The molecule has 4 nitrogen and oxygen atoms in total. The molecule has 0 fully saturated rings. The van der Waals surface area contributed by atoms with Gasteiger partial charge in [-0.3, -0.25) is 0 Å². The van der Waals surface area contributed by atoms with E-state index in [9.17, 15) is 9.50 Å². The van der Waals surface area contributed by atoms with Crippen molar-refractivity contribution in [3.8, 4) is 0 Å². The number of ether oxygens (including phenoxy) is 1. The summed E-state index contributed by atoms with van der Waals surface area (Å²) >= 11 is 0. The fraction of sp³-hybridized carbons (Fsp3) is 0.357. The Labute approximate surface area is 111 Å². The fourth-order valence-electron chi connectivity index (χ4n) is 1.80. The molecule has 0 saturated carbocycles. The first-order chi connectivity index (χ1) is 9.16. The molecule has 0 saturated heterocycles.